The molecule has 0 spiro atoms. The molecule has 12 heteroatoms. The van der Waals surface area contributed by atoms with Crippen LogP contribution in [0.4, 0.5) is 36.3 Å². The van der Waals surface area contributed by atoms with Gasteiger partial charge in [-0.2, -0.15) is 4.98 Å². The van der Waals surface area contributed by atoms with Crippen LogP contribution in [0.25, 0.3) is 10.9 Å². The number of anilines is 4. The summed E-state index contributed by atoms with van der Waals surface area (Å²) in [6.45, 7) is 1.03. The van der Waals surface area contributed by atoms with E-state index in [4.69, 9.17) is 16.3 Å². The van der Waals surface area contributed by atoms with Crippen LogP contribution >= 0.6 is 11.6 Å². The summed E-state index contributed by atoms with van der Waals surface area (Å²) in [5.41, 5.74) is -0.404. The van der Waals surface area contributed by atoms with Crippen molar-refractivity contribution < 1.29 is 17.9 Å². The number of ether oxygens (including phenoxy) is 1. The number of halogens is 4. The number of rotatable bonds is 4. The topological polar surface area (TPSA) is 84.3 Å². The van der Waals surface area contributed by atoms with Gasteiger partial charge in [-0.15, -0.1) is 0 Å². The Hall–Kier alpha value is -3.21. The lowest BCUT2D eigenvalue weighted by Gasteiger charge is -2.42. The van der Waals surface area contributed by atoms with E-state index >= 15 is 0 Å². The Morgan fingerprint density at radius 3 is 2.69 bits per heavy atom. The van der Waals surface area contributed by atoms with E-state index in [-0.39, 0.29) is 35.5 Å². The lowest BCUT2D eigenvalue weighted by atomic mass is 10.00. The highest BCUT2D eigenvalue weighted by molar-refractivity contribution is 6.33. The van der Waals surface area contributed by atoms with Crippen LogP contribution < -0.4 is 25.8 Å². The van der Waals surface area contributed by atoms with Crippen LogP contribution in [0.15, 0.2) is 29.2 Å². The normalized spacial score (nSPS) is 22.2. The molecule has 190 valence electrons. The minimum atomic E-state index is -3.12. The summed E-state index contributed by atoms with van der Waals surface area (Å²) in [7, 11) is 1.57. The third-order valence-corrected chi connectivity index (χ3v) is 7.21. The first kappa shape index (κ1) is 23.2. The number of pyridine rings is 1. The van der Waals surface area contributed by atoms with E-state index < -0.39 is 29.8 Å². The second kappa shape index (κ2) is 7.89. The van der Waals surface area contributed by atoms with Gasteiger partial charge in [0.15, 0.2) is 12.4 Å². The Labute approximate surface area is 209 Å². The van der Waals surface area contributed by atoms with Gasteiger partial charge in [-0.3, -0.25) is 4.79 Å². The van der Waals surface area contributed by atoms with Crippen molar-refractivity contribution >= 4 is 45.6 Å². The van der Waals surface area contributed by atoms with Gasteiger partial charge in [-0.1, -0.05) is 11.6 Å². The quantitative estimate of drug-likeness (QED) is 0.524. The Morgan fingerprint density at radius 2 is 2.00 bits per heavy atom. The van der Waals surface area contributed by atoms with Crippen LogP contribution in [0.2, 0.25) is 5.02 Å². The van der Waals surface area contributed by atoms with Crippen molar-refractivity contribution in [1.29, 1.82) is 0 Å². The molecule has 36 heavy (non-hydrogen) atoms. The van der Waals surface area contributed by atoms with Crippen molar-refractivity contribution in [3.05, 3.63) is 39.8 Å². The highest BCUT2D eigenvalue weighted by Crippen LogP contribution is 2.45. The zero-order chi connectivity index (χ0) is 25.4. The number of alkyl halides is 3. The Bertz CT molecular complexity index is 1430. The van der Waals surface area contributed by atoms with Gasteiger partial charge in [0.1, 0.15) is 10.7 Å². The average molecular weight is 521 g/mol. The van der Waals surface area contributed by atoms with Gasteiger partial charge >= 0.3 is 5.92 Å². The summed E-state index contributed by atoms with van der Waals surface area (Å²) in [6.07, 6.45) is 2.84. The lowest BCUT2D eigenvalue weighted by Crippen LogP contribution is -2.57. The third kappa shape index (κ3) is 3.89. The molecule has 0 unspecified atom stereocenters. The molecule has 1 aromatic carbocycles. The SMILES string of the molecule is Cn1c(=O)c2c(c3cc(Nc4nc(N5CC(C)(F)C5)ncc4Cl)ccc31)N[C@@H](C1CC1)C(F)(F)CO2. The number of hydrogen-bond acceptors (Lipinski definition) is 7. The number of nitrogens with one attached hydrogen (secondary N) is 2. The number of fused-ring (bicyclic) bond motifs is 3. The van der Waals surface area contributed by atoms with Crippen LogP contribution in [-0.4, -0.2) is 51.9 Å². The number of aryl methyl sites for hydroxylation is 1. The molecule has 6 rings (SSSR count). The fourth-order valence-electron chi connectivity index (χ4n) is 4.91. The fourth-order valence-corrected chi connectivity index (χ4v) is 5.05. The monoisotopic (exact) mass is 520 g/mol. The molecule has 3 aliphatic rings. The summed E-state index contributed by atoms with van der Waals surface area (Å²) >= 11 is 6.32. The van der Waals surface area contributed by atoms with E-state index in [1.165, 1.54) is 17.7 Å². The third-order valence-electron chi connectivity index (χ3n) is 6.93. The van der Waals surface area contributed by atoms with E-state index in [1.54, 1.807) is 30.1 Å². The first-order valence-corrected chi connectivity index (χ1v) is 12.1. The van der Waals surface area contributed by atoms with E-state index in [1.807, 2.05) is 0 Å². The molecule has 1 atom stereocenters. The minimum absolute atomic E-state index is 0.126. The summed E-state index contributed by atoms with van der Waals surface area (Å²) < 4.78 is 50.4. The second-order valence-corrected chi connectivity index (χ2v) is 10.5. The maximum atomic E-state index is 14.8. The van der Waals surface area contributed by atoms with Crippen LogP contribution in [0.5, 0.6) is 5.75 Å². The van der Waals surface area contributed by atoms with Crippen LogP contribution in [0.1, 0.15) is 19.8 Å². The number of nitrogens with zero attached hydrogens (tertiary/aromatic N) is 4. The molecule has 2 aromatic heterocycles. The van der Waals surface area contributed by atoms with E-state index in [2.05, 4.69) is 20.6 Å². The van der Waals surface area contributed by atoms with Gasteiger partial charge in [0, 0.05) is 18.1 Å². The van der Waals surface area contributed by atoms with Crippen molar-refractivity contribution in [1.82, 2.24) is 14.5 Å². The van der Waals surface area contributed by atoms with Crippen molar-refractivity contribution in [2.75, 3.05) is 35.2 Å². The summed E-state index contributed by atoms with van der Waals surface area (Å²) in [6, 6.07) is 4.06. The molecule has 4 heterocycles. The molecule has 2 N–H and O–H groups in total. The molecular formula is C24H24ClF3N6O2. The van der Waals surface area contributed by atoms with Crippen LogP contribution in [0, 0.1) is 5.92 Å². The zero-order valence-electron chi connectivity index (χ0n) is 19.6. The molecule has 2 fully saturated rings. The number of benzene rings is 1. The fraction of sp³-hybridized carbons (Fsp3) is 0.458. The molecule has 1 saturated heterocycles. The molecule has 8 nitrogen and oxygen atoms in total. The Kier molecular flexibility index (Phi) is 5.09. The molecule has 0 bridgehead atoms. The molecule has 2 aliphatic heterocycles. The largest absolute Gasteiger partial charge is 0.480 e. The molecule has 0 amide bonds. The molecule has 1 saturated carbocycles. The standard InChI is InChI=1S/C24H24ClF3N6O2/c1-23(26)9-34(10-23)22-29-8-15(25)20(32-22)30-13-5-6-16-14(7-13)17-18(21(35)33(16)2)36-11-24(27,28)19(31-17)12-3-4-12/h5-8,12,19,31H,3-4,9-11H2,1-2H3,(H,29,30,32)/t19-/m0/s1. The average Bonchev–Trinajstić information content (AvgIpc) is 3.65. The van der Waals surface area contributed by atoms with E-state index in [0.29, 0.717) is 41.2 Å². The Balaban J connectivity index is 1.40. The van der Waals surface area contributed by atoms with Gasteiger partial charge in [-0.25, -0.2) is 18.2 Å². The molecule has 1 aliphatic carbocycles. The number of hydrogen-bond donors (Lipinski definition) is 2. The lowest BCUT2D eigenvalue weighted by molar-refractivity contribution is -0.0579. The van der Waals surface area contributed by atoms with Gasteiger partial charge in [0.2, 0.25) is 11.7 Å². The molecule has 3 aromatic rings. The van der Waals surface area contributed by atoms with Crippen molar-refractivity contribution in [3.63, 3.8) is 0 Å². The van der Waals surface area contributed by atoms with Gasteiger partial charge in [-0.05, 0) is 43.9 Å². The maximum Gasteiger partial charge on any atom is 0.301 e. The van der Waals surface area contributed by atoms with E-state index in [0.717, 1.165) is 0 Å². The predicted molar refractivity (Wildman–Crippen MR) is 132 cm³/mol. The summed E-state index contributed by atoms with van der Waals surface area (Å²) in [5, 5.41) is 6.91. The van der Waals surface area contributed by atoms with Crippen LogP contribution in [-0.2, 0) is 7.05 Å². The summed E-state index contributed by atoms with van der Waals surface area (Å²) in [4.78, 5) is 23.3. The highest BCUT2D eigenvalue weighted by atomic mass is 35.5. The van der Waals surface area contributed by atoms with Crippen molar-refractivity contribution in [2.24, 2.45) is 13.0 Å². The Morgan fingerprint density at radius 1 is 1.25 bits per heavy atom. The number of aromatic nitrogens is 3. The predicted octanol–water partition coefficient (Wildman–Crippen LogP) is 4.49. The highest BCUT2D eigenvalue weighted by Gasteiger charge is 2.51. The summed E-state index contributed by atoms with van der Waals surface area (Å²) in [5.74, 6) is -2.76. The van der Waals surface area contributed by atoms with E-state index in [9.17, 15) is 18.0 Å². The van der Waals surface area contributed by atoms with Crippen molar-refractivity contribution in [2.45, 2.75) is 37.4 Å². The van der Waals surface area contributed by atoms with Crippen molar-refractivity contribution in [3.8, 4) is 5.75 Å². The second-order valence-electron chi connectivity index (χ2n) is 10.1. The molecular weight excluding hydrogens is 497 g/mol. The van der Waals surface area contributed by atoms with Crippen LogP contribution in [0.3, 0.4) is 0 Å². The van der Waals surface area contributed by atoms with Gasteiger partial charge < -0.3 is 24.8 Å². The minimum Gasteiger partial charge on any atom is -0.480 e. The van der Waals surface area contributed by atoms with Gasteiger partial charge in [0.05, 0.1) is 36.5 Å². The zero-order valence-corrected chi connectivity index (χ0v) is 20.4. The van der Waals surface area contributed by atoms with Gasteiger partial charge in [0.25, 0.3) is 5.56 Å². The molecule has 0 radical (unpaired) electrons. The smallest absolute Gasteiger partial charge is 0.301 e. The maximum absolute atomic E-state index is 14.8. The first-order chi connectivity index (χ1) is 17.0. The first-order valence-electron chi connectivity index (χ1n) is 11.7.